The van der Waals surface area contributed by atoms with Gasteiger partial charge in [-0.3, -0.25) is 4.98 Å². The molecule has 214 valence electrons. The van der Waals surface area contributed by atoms with Crippen molar-refractivity contribution >= 4 is 28.9 Å². The fourth-order valence-electron chi connectivity index (χ4n) is 6.03. The van der Waals surface area contributed by atoms with Crippen LogP contribution in [0, 0.1) is 0 Å². The molecule has 44 heavy (non-hydrogen) atoms. The third kappa shape index (κ3) is 3.37. The van der Waals surface area contributed by atoms with Crippen molar-refractivity contribution in [1.29, 1.82) is 0 Å². The lowest BCUT2D eigenvalue weighted by Crippen LogP contribution is -2.62. The fourth-order valence-corrected chi connectivity index (χ4v) is 7.09. The van der Waals surface area contributed by atoms with Gasteiger partial charge in [0, 0.05) is 41.6 Å². The fraction of sp³-hybridized carbons (Fsp3) is 0.115. The Morgan fingerprint density at radius 1 is 0.727 bits per heavy atom. The number of aromatic nitrogens is 14. The summed E-state index contributed by atoms with van der Waals surface area (Å²) < 4.78 is 9.17. The molecule has 18 heteroatoms. The minimum atomic E-state index is -1.72. The summed E-state index contributed by atoms with van der Waals surface area (Å²) in [4.78, 5) is 22.1. The maximum absolute atomic E-state index is 7.32. The number of nitrogens with zero attached hydrogens (tertiary/aromatic N) is 14. The molecule has 0 bridgehead atoms. The number of hydrogen-bond donors (Lipinski definition) is 1. The number of H-pyrrole nitrogens is 1. The summed E-state index contributed by atoms with van der Waals surface area (Å²) in [6, 6.07) is 14.4. The molecular formula is C26H17N15OS2. The maximum Gasteiger partial charge on any atom is 0.205 e. The van der Waals surface area contributed by atoms with Crippen molar-refractivity contribution in [2.45, 2.75) is 16.6 Å². The average molecular weight is 620 g/mol. The van der Waals surface area contributed by atoms with Gasteiger partial charge in [0.1, 0.15) is 22.9 Å². The van der Waals surface area contributed by atoms with Gasteiger partial charge >= 0.3 is 0 Å². The number of hydroxylamine groups is 1. The standard InChI is InChI=1S/C26H17N15OS2/c1-2-9-27-17(5-1)24(23-28-10-4-11-29-23)25(18-8-14-43-37-18,20-15-32-39-34-20)41(22-7-13-31-38-36-22)42-26(24,21-16-44-40-35-21)19-6-3-12-30-33-19/h1-16H,(H,32,34,39). The van der Waals surface area contributed by atoms with Crippen LogP contribution in [-0.4, -0.2) is 69.9 Å². The Bertz CT molecular complexity index is 1880. The third-order valence-electron chi connectivity index (χ3n) is 7.50. The smallest absolute Gasteiger partial charge is 0.205 e. The molecular weight excluding hydrogens is 603 g/mol. The van der Waals surface area contributed by atoms with Crippen LogP contribution < -0.4 is 5.06 Å². The van der Waals surface area contributed by atoms with Gasteiger partial charge in [-0.15, -0.1) is 15.3 Å². The summed E-state index contributed by atoms with van der Waals surface area (Å²) in [6.07, 6.45) is 9.66. The minimum Gasteiger partial charge on any atom is -0.260 e. The van der Waals surface area contributed by atoms with Crippen LogP contribution in [0.5, 0.6) is 0 Å². The second-order valence-electron chi connectivity index (χ2n) is 9.43. The van der Waals surface area contributed by atoms with Crippen molar-refractivity contribution in [1.82, 2.24) is 69.9 Å². The highest BCUT2D eigenvalue weighted by Gasteiger charge is 2.82. The van der Waals surface area contributed by atoms with E-state index in [0.717, 1.165) is 11.5 Å². The average Bonchev–Trinajstić information content (AvgIpc) is 3.93. The Morgan fingerprint density at radius 2 is 1.64 bits per heavy atom. The van der Waals surface area contributed by atoms with Crippen LogP contribution in [0.15, 0.2) is 96.5 Å². The van der Waals surface area contributed by atoms with Crippen LogP contribution in [0.25, 0.3) is 0 Å². The Hall–Kier alpha value is -5.59. The van der Waals surface area contributed by atoms with Crippen LogP contribution in [0.2, 0.25) is 0 Å². The van der Waals surface area contributed by atoms with E-state index in [1.165, 1.54) is 17.7 Å². The van der Waals surface area contributed by atoms with E-state index >= 15 is 0 Å². The topological polar surface area (TPSA) is 196 Å². The van der Waals surface area contributed by atoms with E-state index < -0.39 is 16.6 Å². The summed E-state index contributed by atoms with van der Waals surface area (Å²) in [5.74, 6) is 0.555. The first-order valence-corrected chi connectivity index (χ1v) is 14.7. The molecule has 1 fully saturated rings. The van der Waals surface area contributed by atoms with Gasteiger partial charge < -0.3 is 0 Å². The molecule has 1 aliphatic heterocycles. The van der Waals surface area contributed by atoms with Crippen molar-refractivity contribution < 1.29 is 4.84 Å². The number of hydrogen-bond acceptors (Lipinski definition) is 17. The summed E-state index contributed by atoms with van der Waals surface area (Å²) in [5.41, 5.74) is -2.86. The van der Waals surface area contributed by atoms with Gasteiger partial charge in [0.15, 0.2) is 16.8 Å². The van der Waals surface area contributed by atoms with E-state index in [-0.39, 0.29) is 11.6 Å². The van der Waals surface area contributed by atoms with Gasteiger partial charge in [-0.25, -0.2) is 19.9 Å². The van der Waals surface area contributed by atoms with E-state index in [2.05, 4.69) is 50.6 Å². The van der Waals surface area contributed by atoms with Crippen LogP contribution in [0.1, 0.15) is 34.3 Å². The molecule has 7 aromatic rings. The lowest BCUT2D eigenvalue weighted by atomic mass is 9.54. The summed E-state index contributed by atoms with van der Waals surface area (Å²) >= 11 is 2.40. The van der Waals surface area contributed by atoms with Crippen molar-refractivity contribution in [3.8, 4) is 0 Å². The van der Waals surface area contributed by atoms with E-state index in [4.69, 9.17) is 24.2 Å². The SMILES string of the molecule is c1ccc(C2(c3ncccn3)C(c3cccnn3)(c3csnn3)ON(c3ccnnn3)C2(c2cn[nH]n2)c2ccsn2)nc1. The zero-order chi connectivity index (χ0) is 29.5. The van der Waals surface area contributed by atoms with Gasteiger partial charge in [-0.1, -0.05) is 10.6 Å². The molecule has 0 amide bonds. The molecule has 16 nitrogen and oxygen atoms in total. The first-order chi connectivity index (χ1) is 21.8. The molecule has 3 atom stereocenters. The van der Waals surface area contributed by atoms with Crippen LogP contribution >= 0.6 is 23.1 Å². The van der Waals surface area contributed by atoms with Crippen molar-refractivity contribution in [3.05, 3.63) is 131 Å². The molecule has 0 radical (unpaired) electrons. The monoisotopic (exact) mass is 619 g/mol. The van der Waals surface area contributed by atoms with Gasteiger partial charge in [-0.05, 0) is 64.7 Å². The highest BCUT2D eigenvalue weighted by Crippen LogP contribution is 2.69. The number of rotatable bonds is 7. The highest BCUT2D eigenvalue weighted by atomic mass is 32.1. The van der Waals surface area contributed by atoms with Crippen molar-refractivity contribution in [2.24, 2.45) is 0 Å². The zero-order valence-electron chi connectivity index (χ0n) is 22.2. The quantitative estimate of drug-likeness (QED) is 0.271. The van der Waals surface area contributed by atoms with E-state index in [9.17, 15) is 0 Å². The maximum atomic E-state index is 7.32. The Labute approximate surface area is 255 Å². The largest absolute Gasteiger partial charge is 0.260 e. The van der Waals surface area contributed by atoms with Gasteiger partial charge in [0.25, 0.3) is 0 Å². The molecule has 0 aliphatic carbocycles. The Morgan fingerprint density at radius 3 is 2.32 bits per heavy atom. The molecule has 0 saturated carbocycles. The Kier molecular flexibility index (Phi) is 6.10. The molecule has 1 aliphatic rings. The third-order valence-corrected chi connectivity index (χ3v) is 8.56. The summed E-state index contributed by atoms with van der Waals surface area (Å²) in [5, 5.41) is 42.7. The van der Waals surface area contributed by atoms with Crippen LogP contribution in [0.3, 0.4) is 0 Å². The van der Waals surface area contributed by atoms with Gasteiger partial charge in [0.05, 0.1) is 23.8 Å². The number of aromatic amines is 1. The molecule has 7 aromatic heterocycles. The molecule has 8 heterocycles. The number of pyridine rings is 1. The summed E-state index contributed by atoms with van der Waals surface area (Å²) in [7, 11) is 0. The predicted molar refractivity (Wildman–Crippen MR) is 152 cm³/mol. The minimum absolute atomic E-state index is 0.265. The van der Waals surface area contributed by atoms with Crippen LogP contribution in [0.4, 0.5) is 5.82 Å². The van der Waals surface area contributed by atoms with E-state index in [0.29, 0.717) is 28.5 Å². The second kappa shape index (κ2) is 10.3. The van der Waals surface area contributed by atoms with Gasteiger partial charge in [0.2, 0.25) is 5.60 Å². The molecule has 0 spiro atoms. The lowest BCUT2D eigenvalue weighted by Gasteiger charge is -2.47. The van der Waals surface area contributed by atoms with Crippen molar-refractivity contribution in [3.63, 3.8) is 0 Å². The molecule has 1 N–H and O–H groups in total. The number of nitrogens with one attached hydrogen (secondary N) is 1. The Balaban J connectivity index is 1.69. The van der Waals surface area contributed by atoms with Crippen molar-refractivity contribution in [2.75, 3.05) is 5.06 Å². The normalized spacial score (nSPS) is 23.1. The second-order valence-corrected chi connectivity index (χ2v) is 10.7. The van der Waals surface area contributed by atoms with E-state index in [1.54, 1.807) is 65.7 Å². The lowest BCUT2D eigenvalue weighted by molar-refractivity contribution is -0.0196. The first-order valence-electron chi connectivity index (χ1n) is 13.0. The highest BCUT2D eigenvalue weighted by molar-refractivity contribution is 7.03. The molecule has 8 rings (SSSR count). The molecule has 1 saturated heterocycles. The molecule has 3 unspecified atom stereocenters. The number of anilines is 1. The van der Waals surface area contributed by atoms with E-state index in [1.807, 2.05) is 29.6 Å². The first kappa shape index (κ1) is 26.1. The molecule has 0 aromatic carbocycles. The predicted octanol–water partition coefficient (Wildman–Crippen LogP) is 1.90. The summed E-state index contributed by atoms with van der Waals surface area (Å²) in [6.45, 7) is 0. The van der Waals surface area contributed by atoms with Crippen LogP contribution in [-0.2, 0) is 21.4 Å². The van der Waals surface area contributed by atoms with Gasteiger partial charge in [-0.2, -0.15) is 30.0 Å². The zero-order valence-corrected chi connectivity index (χ0v) is 23.9.